The van der Waals surface area contributed by atoms with Crippen molar-refractivity contribution in [2.24, 2.45) is 0 Å². The summed E-state index contributed by atoms with van der Waals surface area (Å²) in [7, 11) is -7.93. The highest BCUT2D eigenvalue weighted by molar-refractivity contribution is 9.10. The Kier molecular flexibility index (Phi) is 9.36. The van der Waals surface area contributed by atoms with Crippen molar-refractivity contribution in [2.45, 2.75) is 35.1 Å². The summed E-state index contributed by atoms with van der Waals surface area (Å²) in [5.74, 6) is -1.89. The minimum Gasteiger partial charge on any atom is -0.480 e. The normalized spacial score (nSPS) is 12.8. The summed E-state index contributed by atoms with van der Waals surface area (Å²) in [5.41, 5.74) is 1.70. The molecule has 192 valence electrons. The number of carboxylic acids is 1. The van der Waals surface area contributed by atoms with Crippen molar-refractivity contribution < 1.29 is 31.1 Å². The molecule has 0 amide bonds. The van der Waals surface area contributed by atoms with E-state index in [1.165, 1.54) is 12.1 Å². The number of hydrogen-bond donors (Lipinski definition) is 3. The number of carbonyl (C=O) groups is 1. The monoisotopic (exact) mass is 598 g/mol. The van der Waals surface area contributed by atoms with Gasteiger partial charge in [0.2, 0.25) is 20.0 Å². The third-order valence-electron chi connectivity index (χ3n) is 5.27. The van der Waals surface area contributed by atoms with E-state index in [0.717, 1.165) is 39.9 Å². The number of benzene rings is 3. The molecule has 0 bridgehead atoms. The summed E-state index contributed by atoms with van der Waals surface area (Å²) in [5, 5.41) is 9.48. The fraction of sp³-hybridized carbons (Fsp3) is 0.208. The Labute approximate surface area is 217 Å². The molecule has 3 aromatic carbocycles. The first kappa shape index (κ1) is 27.9. The van der Waals surface area contributed by atoms with E-state index in [2.05, 4.69) is 25.4 Å². The summed E-state index contributed by atoms with van der Waals surface area (Å²) >= 11 is 3.36. The van der Waals surface area contributed by atoms with Crippen LogP contribution >= 0.6 is 15.9 Å². The van der Waals surface area contributed by atoms with E-state index >= 15 is 0 Å². The van der Waals surface area contributed by atoms with Crippen LogP contribution in [0.15, 0.2) is 87.1 Å². The second kappa shape index (κ2) is 12.1. The summed E-state index contributed by atoms with van der Waals surface area (Å²) < 4.78 is 68.3. The van der Waals surface area contributed by atoms with E-state index in [4.69, 9.17) is 0 Å². The van der Waals surface area contributed by atoms with Gasteiger partial charge < -0.3 is 5.11 Å². The Morgan fingerprint density at radius 3 is 1.86 bits per heavy atom. The minimum atomic E-state index is -4.10. The topological polar surface area (TPSA) is 130 Å². The molecule has 0 radical (unpaired) electrons. The Morgan fingerprint density at radius 1 is 0.806 bits per heavy atom. The predicted molar refractivity (Wildman–Crippen MR) is 137 cm³/mol. The van der Waals surface area contributed by atoms with Gasteiger partial charge in [0.1, 0.15) is 11.9 Å². The maximum atomic E-state index is 13.0. The van der Waals surface area contributed by atoms with E-state index < -0.39 is 37.9 Å². The van der Waals surface area contributed by atoms with Gasteiger partial charge >= 0.3 is 5.97 Å². The lowest BCUT2D eigenvalue weighted by atomic mass is 10.1. The molecule has 0 heterocycles. The maximum Gasteiger partial charge on any atom is 0.321 e. The molecule has 8 nitrogen and oxygen atoms in total. The van der Waals surface area contributed by atoms with Crippen LogP contribution in [0.1, 0.15) is 19.3 Å². The van der Waals surface area contributed by atoms with E-state index in [9.17, 15) is 31.1 Å². The average molecular weight is 600 g/mol. The van der Waals surface area contributed by atoms with Crippen molar-refractivity contribution >= 4 is 41.9 Å². The van der Waals surface area contributed by atoms with Gasteiger partial charge in [-0.05, 0) is 78.9 Å². The third-order valence-corrected chi connectivity index (χ3v) is 8.77. The van der Waals surface area contributed by atoms with Crippen LogP contribution in [0.5, 0.6) is 0 Å². The van der Waals surface area contributed by atoms with Gasteiger partial charge in [-0.3, -0.25) is 4.79 Å². The van der Waals surface area contributed by atoms with E-state index in [0.29, 0.717) is 0 Å². The molecular formula is C24H24BrFN2O6S2. The number of halogens is 2. The molecular weight excluding hydrogens is 575 g/mol. The number of rotatable bonds is 12. The third kappa shape index (κ3) is 7.68. The molecule has 3 aromatic rings. The summed E-state index contributed by atoms with van der Waals surface area (Å²) in [6, 6.07) is 16.6. The first-order valence-corrected chi connectivity index (χ1v) is 14.6. The lowest BCUT2D eigenvalue weighted by Gasteiger charge is -2.15. The highest BCUT2D eigenvalue weighted by Crippen LogP contribution is 2.23. The lowest BCUT2D eigenvalue weighted by Crippen LogP contribution is -2.40. The Balaban J connectivity index is 1.54. The smallest absolute Gasteiger partial charge is 0.321 e. The number of sulfonamides is 2. The lowest BCUT2D eigenvalue weighted by molar-refractivity contribution is -0.139. The van der Waals surface area contributed by atoms with Gasteiger partial charge in [0.05, 0.1) is 9.79 Å². The van der Waals surface area contributed by atoms with Gasteiger partial charge in [0.15, 0.2) is 0 Å². The van der Waals surface area contributed by atoms with Crippen LogP contribution in [0.2, 0.25) is 0 Å². The van der Waals surface area contributed by atoms with Crippen LogP contribution in [0.4, 0.5) is 4.39 Å². The molecule has 0 spiro atoms. The van der Waals surface area contributed by atoms with Crippen molar-refractivity contribution in [1.29, 1.82) is 0 Å². The van der Waals surface area contributed by atoms with Gasteiger partial charge in [-0.15, -0.1) is 0 Å². The van der Waals surface area contributed by atoms with Crippen molar-refractivity contribution in [2.75, 3.05) is 6.54 Å². The molecule has 12 heteroatoms. The summed E-state index contributed by atoms with van der Waals surface area (Å²) in [4.78, 5) is 11.5. The SMILES string of the molecule is O=C(O)C(CCCCNS(=O)(=O)c1ccc(F)cc1)NS(=O)(=O)c1ccc(-c2ccc(Br)cc2)cc1. The molecule has 0 fully saturated rings. The number of nitrogens with one attached hydrogen (secondary N) is 2. The number of carboxylic acid groups (broad SMARTS) is 1. The summed E-state index contributed by atoms with van der Waals surface area (Å²) in [6.45, 7) is 0.0102. The molecule has 0 saturated carbocycles. The molecule has 0 aliphatic carbocycles. The molecule has 3 N–H and O–H groups in total. The molecule has 36 heavy (non-hydrogen) atoms. The highest BCUT2D eigenvalue weighted by atomic mass is 79.9. The van der Waals surface area contributed by atoms with Crippen molar-refractivity contribution in [1.82, 2.24) is 9.44 Å². The van der Waals surface area contributed by atoms with Crippen LogP contribution in [-0.2, 0) is 24.8 Å². The van der Waals surface area contributed by atoms with E-state index in [-0.39, 0.29) is 35.6 Å². The second-order valence-corrected chi connectivity index (χ2v) is 12.3. The van der Waals surface area contributed by atoms with Gasteiger partial charge in [-0.1, -0.05) is 40.2 Å². The molecule has 0 saturated heterocycles. The quantitative estimate of drug-likeness (QED) is 0.269. The van der Waals surface area contributed by atoms with E-state index in [1.54, 1.807) is 12.1 Å². The highest BCUT2D eigenvalue weighted by Gasteiger charge is 2.25. The zero-order valence-corrected chi connectivity index (χ0v) is 22.1. The fourth-order valence-corrected chi connectivity index (χ4v) is 5.90. The second-order valence-electron chi connectivity index (χ2n) is 7.89. The molecule has 3 rings (SSSR count). The minimum absolute atomic E-state index is 0.0102. The van der Waals surface area contributed by atoms with Gasteiger partial charge in [-0.2, -0.15) is 4.72 Å². The summed E-state index contributed by atoms with van der Waals surface area (Å²) in [6.07, 6.45) is 0.478. The fourth-order valence-electron chi connectivity index (χ4n) is 3.33. The van der Waals surface area contributed by atoms with Gasteiger partial charge in [0.25, 0.3) is 0 Å². The average Bonchev–Trinajstić information content (AvgIpc) is 2.84. The largest absolute Gasteiger partial charge is 0.480 e. The maximum absolute atomic E-state index is 13.0. The van der Waals surface area contributed by atoms with Crippen LogP contribution in [0, 0.1) is 5.82 Å². The van der Waals surface area contributed by atoms with Crippen LogP contribution in [0.25, 0.3) is 11.1 Å². The zero-order valence-electron chi connectivity index (χ0n) is 18.9. The van der Waals surface area contributed by atoms with E-state index in [1.807, 2.05) is 24.3 Å². The van der Waals surface area contributed by atoms with Crippen LogP contribution in [-0.4, -0.2) is 40.5 Å². The van der Waals surface area contributed by atoms with Gasteiger partial charge in [-0.25, -0.2) is 25.9 Å². The first-order chi connectivity index (χ1) is 17.0. The number of unbranched alkanes of at least 4 members (excludes halogenated alkanes) is 1. The molecule has 0 aromatic heterocycles. The van der Waals surface area contributed by atoms with Crippen molar-refractivity contribution in [3.63, 3.8) is 0 Å². The molecule has 0 aliphatic heterocycles. The standard InChI is InChI=1S/C24H24BrFN2O6S2/c25-19-8-4-17(5-9-19)18-6-12-22(13-7-18)36(33,34)28-23(24(29)30)3-1-2-16-27-35(31,32)21-14-10-20(26)11-15-21/h4-15,23,27-28H,1-3,16H2,(H,29,30). The number of hydrogen-bond acceptors (Lipinski definition) is 5. The molecule has 1 unspecified atom stereocenters. The Bertz CT molecular complexity index is 1400. The first-order valence-electron chi connectivity index (χ1n) is 10.8. The predicted octanol–water partition coefficient (Wildman–Crippen LogP) is 4.14. The zero-order chi connectivity index (χ0) is 26.3. The van der Waals surface area contributed by atoms with Crippen LogP contribution in [0.3, 0.4) is 0 Å². The van der Waals surface area contributed by atoms with Gasteiger partial charge in [0, 0.05) is 11.0 Å². The Hall–Kier alpha value is -2.64. The van der Waals surface area contributed by atoms with Crippen LogP contribution < -0.4 is 9.44 Å². The van der Waals surface area contributed by atoms with Crippen molar-refractivity contribution in [3.05, 3.63) is 83.1 Å². The Morgan fingerprint density at radius 2 is 1.31 bits per heavy atom. The molecule has 0 aliphatic rings. The molecule has 1 atom stereocenters. The van der Waals surface area contributed by atoms with Crippen molar-refractivity contribution in [3.8, 4) is 11.1 Å². The number of aliphatic carboxylic acids is 1.